The van der Waals surface area contributed by atoms with E-state index in [2.05, 4.69) is 31.9 Å². The van der Waals surface area contributed by atoms with Crippen LogP contribution in [0, 0.1) is 18.7 Å². The van der Waals surface area contributed by atoms with Gasteiger partial charge in [0, 0.05) is 47.7 Å². The van der Waals surface area contributed by atoms with Crippen molar-refractivity contribution in [3.63, 3.8) is 0 Å². The number of hydrogen-bond acceptors (Lipinski definition) is 14. The van der Waals surface area contributed by atoms with Crippen LogP contribution in [0.15, 0.2) is 29.1 Å². The molecule has 5 heterocycles. The maximum atomic E-state index is 15.3. The maximum Gasteiger partial charge on any atom is 0.343 e. The molecule has 7 rings (SSSR count). The Balaban J connectivity index is 0.887. The van der Waals surface area contributed by atoms with Crippen molar-refractivity contribution in [3.8, 4) is 11.4 Å². The molecule has 23 heteroatoms. The number of fused-ring (bicyclic) bond motifs is 5. The van der Waals surface area contributed by atoms with Crippen molar-refractivity contribution in [1.29, 1.82) is 0 Å². The van der Waals surface area contributed by atoms with Crippen molar-refractivity contribution >= 4 is 64.1 Å². The average Bonchev–Trinajstić information content (AvgIpc) is 3.84. The number of hydrogen-bond donors (Lipinski definition) is 7. The van der Waals surface area contributed by atoms with E-state index in [1.54, 1.807) is 33.8 Å². The number of cyclic esters (lactones) is 1. The number of pyridine rings is 2. The van der Waals surface area contributed by atoms with Crippen LogP contribution in [0.2, 0.25) is 0 Å². The van der Waals surface area contributed by atoms with Gasteiger partial charge < -0.3 is 51.0 Å². The van der Waals surface area contributed by atoms with Crippen molar-refractivity contribution in [2.24, 2.45) is 5.92 Å². The molecule has 69 heavy (non-hydrogen) atoms. The van der Waals surface area contributed by atoms with E-state index in [0.717, 1.165) is 22.6 Å². The van der Waals surface area contributed by atoms with Crippen molar-refractivity contribution < 1.29 is 62.1 Å². The first-order chi connectivity index (χ1) is 32.7. The summed E-state index contributed by atoms with van der Waals surface area (Å²) in [5, 5.41) is 27.2. The third kappa shape index (κ3) is 9.95. The molecule has 0 bridgehead atoms. The highest BCUT2D eigenvalue weighted by molar-refractivity contribution is 6.14. The minimum atomic E-state index is -2.05. The second kappa shape index (κ2) is 20.1. The van der Waals surface area contributed by atoms with E-state index in [4.69, 9.17) is 14.5 Å². The number of imide groups is 1. The number of esters is 1. The SMILES string of the molecule is CC[C@@]1(O)C(=O)OCc2c1cc1n(c2=O)Cc2c-1nc1cc(F)c(C)c3c1c2[C@@H](NC(=O)COCNC(=O)CNC(=O)[C@H](C)NC(=O)[C@@H](NC(=O)CCNC(=O)CN1C(=O)C=CC1=O)C(C)C)CC3. The Morgan fingerprint density at radius 3 is 2.35 bits per heavy atom. The summed E-state index contributed by atoms with van der Waals surface area (Å²) in [5.41, 5.74) is 1.15. The average molecular weight is 958 g/mol. The van der Waals surface area contributed by atoms with Crippen LogP contribution < -0.4 is 37.5 Å². The minimum Gasteiger partial charge on any atom is -0.458 e. The molecule has 0 spiro atoms. The molecule has 2 aromatic heterocycles. The van der Waals surface area contributed by atoms with E-state index >= 15 is 4.39 Å². The van der Waals surface area contributed by atoms with Crippen LogP contribution in [-0.2, 0) is 77.8 Å². The number of amides is 8. The highest BCUT2D eigenvalue weighted by atomic mass is 19.1. The van der Waals surface area contributed by atoms with Crippen LogP contribution in [0.4, 0.5) is 4.39 Å². The van der Waals surface area contributed by atoms with Gasteiger partial charge in [-0.15, -0.1) is 0 Å². The zero-order chi connectivity index (χ0) is 50.1. The van der Waals surface area contributed by atoms with Gasteiger partial charge in [-0.3, -0.25) is 48.1 Å². The number of ether oxygens (including phenoxy) is 2. The van der Waals surface area contributed by atoms with E-state index in [0.29, 0.717) is 51.8 Å². The summed E-state index contributed by atoms with van der Waals surface area (Å²) in [7, 11) is 0. The number of carbonyl (C=O) groups excluding carboxylic acids is 9. The predicted octanol–water partition coefficient (Wildman–Crippen LogP) is -1.09. The molecular formula is C46H52FN9O13. The summed E-state index contributed by atoms with van der Waals surface area (Å²) in [4.78, 5) is 132. The van der Waals surface area contributed by atoms with Gasteiger partial charge in [-0.25, -0.2) is 14.2 Å². The quantitative estimate of drug-likeness (QED) is 0.0270. The lowest BCUT2D eigenvalue weighted by molar-refractivity contribution is -0.172. The number of nitrogens with one attached hydrogen (secondary N) is 6. The lowest BCUT2D eigenvalue weighted by Gasteiger charge is -2.31. The zero-order valence-electron chi connectivity index (χ0n) is 38.5. The number of aliphatic hydroxyl groups is 1. The van der Waals surface area contributed by atoms with Gasteiger partial charge in [0.2, 0.25) is 35.4 Å². The molecule has 0 radical (unpaired) electrons. The molecular weight excluding hydrogens is 906 g/mol. The first-order valence-corrected chi connectivity index (χ1v) is 22.4. The third-order valence-electron chi connectivity index (χ3n) is 12.6. The van der Waals surface area contributed by atoms with Gasteiger partial charge in [-0.05, 0) is 61.8 Å². The summed E-state index contributed by atoms with van der Waals surface area (Å²) in [6.45, 7) is 5.64. The van der Waals surface area contributed by atoms with Crippen molar-refractivity contribution in [1.82, 2.24) is 46.4 Å². The maximum absolute atomic E-state index is 15.3. The van der Waals surface area contributed by atoms with Crippen LogP contribution in [0.5, 0.6) is 0 Å². The first-order valence-electron chi connectivity index (χ1n) is 22.4. The van der Waals surface area contributed by atoms with E-state index in [-0.39, 0.29) is 43.7 Å². The molecule has 1 aromatic carbocycles. The highest BCUT2D eigenvalue weighted by Gasteiger charge is 2.46. The lowest BCUT2D eigenvalue weighted by Crippen LogP contribution is -2.55. The smallest absolute Gasteiger partial charge is 0.343 e. The number of benzene rings is 1. The Labute approximate surface area is 393 Å². The summed E-state index contributed by atoms with van der Waals surface area (Å²) in [6.07, 6.45) is 2.57. The summed E-state index contributed by atoms with van der Waals surface area (Å²) < 4.78 is 27.4. The van der Waals surface area contributed by atoms with E-state index in [1.807, 2.05) is 0 Å². The van der Waals surface area contributed by atoms with Gasteiger partial charge in [0.1, 0.15) is 44.4 Å². The fourth-order valence-electron chi connectivity index (χ4n) is 8.84. The Kier molecular flexibility index (Phi) is 14.4. The first kappa shape index (κ1) is 49.5. The largest absolute Gasteiger partial charge is 0.458 e. The molecule has 7 N–H and O–H groups in total. The molecule has 3 aliphatic heterocycles. The fraction of sp³-hybridized carbons (Fsp3) is 0.457. The van der Waals surface area contributed by atoms with Crippen LogP contribution in [-0.4, -0.2) is 118 Å². The standard InChI is InChI=1S/C46H52FN9O13/c1-6-46(67)27-13-31-41-25(16-55(31)44(65)26(27)18-69-45(46)66)39-29(8-7-24-22(4)28(47)14-30(53-41)38(24)39)52-35(60)19-68-20-50-33(58)15-49-42(63)23(5)51-43(64)40(21(2)3)54-32(57)11-12-48-34(59)17-56-36(61)9-10-37(56)62/h9-10,13-14,21,23,29,40,67H,6-8,11-12,15-20H2,1-5H3,(H,48,59)(H,49,63)(H,50,58)(H,51,64)(H,52,60)(H,54,57)/t23-,29-,40-,46-/m0/s1. The summed E-state index contributed by atoms with van der Waals surface area (Å²) in [5.74, 6) is -6.89. The molecule has 0 unspecified atom stereocenters. The molecule has 4 atom stereocenters. The Bertz CT molecular complexity index is 2790. The lowest BCUT2D eigenvalue weighted by atomic mass is 9.81. The van der Waals surface area contributed by atoms with Crippen molar-refractivity contribution in [2.75, 3.05) is 33.0 Å². The van der Waals surface area contributed by atoms with E-state index in [1.165, 1.54) is 17.6 Å². The normalized spacial score (nSPS) is 18.5. The second-order valence-corrected chi connectivity index (χ2v) is 17.5. The van der Waals surface area contributed by atoms with Gasteiger partial charge in [0.05, 0.1) is 41.6 Å². The summed E-state index contributed by atoms with van der Waals surface area (Å²) >= 11 is 0. The number of aromatic nitrogens is 2. The van der Waals surface area contributed by atoms with Gasteiger partial charge in [-0.2, -0.15) is 0 Å². The van der Waals surface area contributed by atoms with E-state index in [9.17, 15) is 53.1 Å². The molecule has 1 aliphatic carbocycles. The molecule has 0 saturated heterocycles. The Morgan fingerprint density at radius 2 is 1.65 bits per heavy atom. The van der Waals surface area contributed by atoms with Crippen molar-refractivity contribution in [3.05, 3.63) is 73.8 Å². The van der Waals surface area contributed by atoms with Crippen LogP contribution in [0.25, 0.3) is 22.3 Å². The zero-order valence-corrected chi connectivity index (χ0v) is 38.5. The number of halogens is 1. The molecule has 3 aromatic rings. The molecule has 22 nitrogen and oxygen atoms in total. The van der Waals surface area contributed by atoms with Crippen LogP contribution >= 0.6 is 0 Å². The third-order valence-corrected chi connectivity index (χ3v) is 12.6. The van der Waals surface area contributed by atoms with Crippen molar-refractivity contribution in [2.45, 2.75) is 97.2 Å². The van der Waals surface area contributed by atoms with E-state index < -0.39 is 121 Å². The number of carbonyl (C=O) groups is 9. The molecule has 0 fully saturated rings. The molecule has 4 aliphatic rings. The number of nitrogens with zero attached hydrogens (tertiary/aromatic N) is 3. The molecule has 8 amide bonds. The minimum absolute atomic E-state index is 0.0490. The van der Waals surface area contributed by atoms with Gasteiger partial charge in [0.15, 0.2) is 5.60 Å². The topological polar surface area (TPSA) is 303 Å². The van der Waals surface area contributed by atoms with Gasteiger partial charge in [0.25, 0.3) is 17.4 Å². The van der Waals surface area contributed by atoms with Gasteiger partial charge in [-0.1, -0.05) is 20.8 Å². The predicted molar refractivity (Wildman–Crippen MR) is 238 cm³/mol. The molecule has 366 valence electrons. The second-order valence-electron chi connectivity index (χ2n) is 17.5. The Morgan fingerprint density at radius 1 is 0.928 bits per heavy atom. The number of aryl methyl sites for hydroxylation is 1. The molecule has 0 saturated carbocycles. The van der Waals surface area contributed by atoms with Crippen LogP contribution in [0.3, 0.4) is 0 Å². The van der Waals surface area contributed by atoms with Gasteiger partial charge >= 0.3 is 5.97 Å². The summed E-state index contributed by atoms with van der Waals surface area (Å²) in [6, 6.07) is 0.0426. The van der Waals surface area contributed by atoms with Crippen LogP contribution in [0.1, 0.15) is 86.4 Å². The highest BCUT2D eigenvalue weighted by Crippen LogP contribution is 2.46. The Hall–Kier alpha value is -7.40. The fourth-order valence-corrected chi connectivity index (χ4v) is 8.84. The number of rotatable bonds is 18. The monoisotopic (exact) mass is 957 g/mol.